The number of benzene rings is 2. The standard InChI is InChI=1S/C19H17N3O5/c1-10-17(13-5-3-4-6-15(13)21-10)18(23)11(2)27-19(24)12-7-8-14(20)16(9-12)22(25)26/h3-9,11,21H,20H2,1-2H3/t11-/m1/s1. The number of nitro groups is 1. The third-order valence-electron chi connectivity index (χ3n) is 4.26. The van der Waals surface area contributed by atoms with Crippen LogP contribution in [0.25, 0.3) is 10.9 Å². The summed E-state index contributed by atoms with van der Waals surface area (Å²) in [7, 11) is 0. The van der Waals surface area contributed by atoms with Gasteiger partial charge < -0.3 is 15.5 Å². The Morgan fingerprint density at radius 1 is 1.22 bits per heavy atom. The maximum Gasteiger partial charge on any atom is 0.339 e. The summed E-state index contributed by atoms with van der Waals surface area (Å²) < 4.78 is 5.23. The molecule has 0 saturated heterocycles. The van der Waals surface area contributed by atoms with E-state index in [1.807, 2.05) is 24.3 Å². The number of esters is 1. The molecule has 3 rings (SSSR count). The molecule has 0 aliphatic rings. The predicted octanol–water partition coefficient (Wildman–Crippen LogP) is 3.39. The lowest BCUT2D eigenvalue weighted by Gasteiger charge is -2.13. The first-order valence-corrected chi connectivity index (χ1v) is 8.16. The molecule has 0 aliphatic carbocycles. The molecule has 0 fully saturated rings. The monoisotopic (exact) mass is 367 g/mol. The number of rotatable bonds is 5. The molecule has 27 heavy (non-hydrogen) atoms. The number of anilines is 1. The normalized spacial score (nSPS) is 11.9. The van der Waals surface area contributed by atoms with E-state index in [0.717, 1.165) is 17.0 Å². The molecule has 1 heterocycles. The van der Waals surface area contributed by atoms with Crippen molar-refractivity contribution in [1.82, 2.24) is 4.98 Å². The fourth-order valence-electron chi connectivity index (χ4n) is 2.91. The fraction of sp³-hybridized carbons (Fsp3) is 0.158. The molecular weight excluding hydrogens is 350 g/mol. The van der Waals surface area contributed by atoms with Crippen LogP contribution in [-0.4, -0.2) is 27.8 Å². The molecule has 0 unspecified atom stereocenters. The van der Waals surface area contributed by atoms with E-state index in [9.17, 15) is 19.7 Å². The van der Waals surface area contributed by atoms with Crippen molar-refractivity contribution >= 4 is 34.0 Å². The maximum absolute atomic E-state index is 12.8. The van der Waals surface area contributed by atoms with Crippen LogP contribution in [0.15, 0.2) is 42.5 Å². The second kappa shape index (κ2) is 6.91. The van der Waals surface area contributed by atoms with Crippen LogP contribution >= 0.6 is 0 Å². The first-order chi connectivity index (χ1) is 12.8. The summed E-state index contributed by atoms with van der Waals surface area (Å²) in [6.07, 6.45) is -1.06. The zero-order valence-electron chi connectivity index (χ0n) is 14.7. The Labute approximate surface area is 154 Å². The molecule has 2 aromatic carbocycles. The quantitative estimate of drug-likeness (QED) is 0.234. The van der Waals surface area contributed by atoms with E-state index < -0.39 is 22.7 Å². The van der Waals surface area contributed by atoms with Crippen molar-refractivity contribution in [1.29, 1.82) is 0 Å². The molecule has 8 nitrogen and oxygen atoms in total. The molecule has 1 atom stereocenters. The Morgan fingerprint density at radius 2 is 1.93 bits per heavy atom. The van der Waals surface area contributed by atoms with Crippen LogP contribution in [0.4, 0.5) is 11.4 Å². The average Bonchev–Trinajstić information content (AvgIpc) is 2.96. The summed E-state index contributed by atoms with van der Waals surface area (Å²) in [4.78, 5) is 38.5. The van der Waals surface area contributed by atoms with E-state index in [1.54, 1.807) is 6.92 Å². The molecule has 0 radical (unpaired) electrons. The molecular formula is C19H17N3O5. The molecule has 0 saturated carbocycles. The molecule has 3 aromatic rings. The number of para-hydroxylation sites is 1. The van der Waals surface area contributed by atoms with Crippen LogP contribution in [0.1, 0.15) is 33.3 Å². The van der Waals surface area contributed by atoms with Crippen molar-refractivity contribution in [3.8, 4) is 0 Å². The van der Waals surface area contributed by atoms with E-state index in [0.29, 0.717) is 11.3 Å². The highest BCUT2D eigenvalue weighted by Crippen LogP contribution is 2.25. The van der Waals surface area contributed by atoms with Gasteiger partial charge in [0.2, 0.25) is 5.78 Å². The van der Waals surface area contributed by atoms with Crippen LogP contribution in [0.2, 0.25) is 0 Å². The number of nitro benzene ring substituents is 1. The maximum atomic E-state index is 12.8. The summed E-state index contributed by atoms with van der Waals surface area (Å²) in [5.74, 6) is -1.19. The van der Waals surface area contributed by atoms with Gasteiger partial charge in [-0.15, -0.1) is 0 Å². The van der Waals surface area contributed by atoms with Crippen molar-refractivity contribution in [3.05, 3.63) is 69.4 Å². The third-order valence-corrected chi connectivity index (χ3v) is 4.26. The summed E-state index contributed by atoms with van der Waals surface area (Å²) >= 11 is 0. The number of aryl methyl sites for hydroxylation is 1. The lowest BCUT2D eigenvalue weighted by Crippen LogP contribution is -2.25. The summed E-state index contributed by atoms with van der Waals surface area (Å²) in [5.41, 5.74) is 6.96. The van der Waals surface area contributed by atoms with E-state index in [-0.39, 0.29) is 17.0 Å². The summed E-state index contributed by atoms with van der Waals surface area (Å²) in [5, 5.41) is 11.7. The molecule has 0 aliphatic heterocycles. The van der Waals surface area contributed by atoms with Crippen LogP contribution in [-0.2, 0) is 4.74 Å². The first kappa shape index (κ1) is 18.1. The van der Waals surface area contributed by atoms with Gasteiger partial charge >= 0.3 is 5.97 Å². The molecule has 8 heteroatoms. The van der Waals surface area contributed by atoms with Gasteiger partial charge in [-0.3, -0.25) is 14.9 Å². The Kier molecular flexibility index (Phi) is 4.64. The minimum atomic E-state index is -1.06. The molecule has 3 N–H and O–H groups in total. The van der Waals surface area contributed by atoms with Gasteiger partial charge in [0.25, 0.3) is 5.69 Å². The number of fused-ring (bicyclic) bond motifs is 1. The van der Waals surface area contributed by atoms with Gasteiger partial charge in [-0.2, -0.15) is 0 Å². The Bertz CT molecular complexity index is 1070. The lowest BCUT2D eigenvalue weighted by molar-refractivity contribution is -0.383. The minimum Gasteiger partial charge on any atom is -0.451 e. The van der Waals surface area contributed by atoms with Crippen molar-refractivity contribution < 1.29 is 19.2 Å². The van der Waals surface area contributed by atoms with Gasteiger partial charge in [0.15, 0.2) is 6.10 Å². The highest BCUT2D eigenvalue weighted by Gasteiger charge is 2.25. The van der Waals surface area contributed by atoms with E-state index in [4.69, 9.17) is 10.5 Å². The lowest BCUT2D eigenvalue weighted by atomic mass is 10.0. The molecule has 138 valence electrons. The van der Waals surface area contributed by atoms with Crippen molar-refractivity contribution in [3.63, 3.8) is 0 Å². The second-order valence-electron chi connectivity index (χ2n) is 6.11. The van der Waals surface area contributed by atoms with E-state index in [2.05, 4.69) is 4.98 Å². The number of ether oxygens (including phenoxy) is 1. The second-order valence-corrected chi connectivity index (χ2v) is 6.11. The van der Waals surface area contributed by atoms with Crippen LogP contribution in [0.3, 0.4) is 0 Å². The number of carbonyl (C=O) groups is 2. The number of nitrogen functional groups attached to an aromatic ring is 1. The number of aromatic nitrogens is 1. The van der Waals surface area contributed by atoms with Gasteiger partial charge in [-0.25, -0.2) is 4.79 Å². The van der Waals surface area contributed by atoms with Gasteiger partial charge in [-0.05, 0) is 32.0 Å². The van der Waals surface area contributed by atoms with Gasteiger partial charge in [-0.1, -0.05) is 18.2 Å². The molecule has 0 spiro atoms. The van der Waals surface area contributed by atoms with Crippen LogP contribution < -0.4 is 5.73 Å². The van der Waals surface area contributed by atoms with Crippen molar-refractivity contribution in [2.75, 3.05) is 5.73 Å². The SMILES string of the molecule is Cc1[nH]c2ccccc2c1C(=O)[C@@H](C)OC(=O)c1ccc(N)c([N+](=O)[O-])c1. The van der Waals surface area contributed by atoms with Gasteiger partial charge in [0.1, 0.15) is 5.69 Å². The number of carbonyl (C=O) groups excluding carboxylic acids is 2. The fourth-order valence-corrected chi connectivity index (χ4v) is 2.91. The first-order valence-electron chi connectivity index (χ1n) is 8.16. The highest BCUT2D eigenvalue weighted by atomic mass is 16.6. The number of nitrogens with one attached hydrogen (secondary N) is 1. The van der Waals surface area contributed by atoms with Crippen molar-refractivity contribution in [2.45, 2.75) is 20.0 Å². The number of nitrogens with zero attached hydrogens (tertiary/aromatic N) is 1. The summed E-state index contributed by atoms with van der Waals surface area (Å²) in [6.45, 7) is 3.23. The van der Waals surface area contributed by atoms with E-state index in [1.165, 1.54) is 19.1 Å². The van der Waals surface area contributed by atoms with Gasteiger partial charge in [0.05, 0.1) is 10.5 Å². The Hall–Kier alpha value is -3.68. The smallest absolute Gasteiger partial charge is 0.339 e. The van der Waals surface area contributed by atoms with Crippen molar-refractivity contribution in [2.24, 2.45) is 0 Å². The highest BCUT2D eigenvalue weighted by molar-refractivity contribution is 6.11. The number of Topliss-reactive ketones (excluding diaryl/α,β-unsaturated/α-hetero) is 1. The molecule has 0 amide bonds. The number of aromatic amines is 1. The molecule has 0 bridgehead atoms. The zero-order valence-corrected chi connectivity index (χ0v) is 14.7. The zero-order chi connectivity index (χ0) is 19.7. The summed E-state index contributed by atoms with van der Waals surface area (Å²) in [6, 6.07) is 10.9. The third kappa shape index (κ3) is 3.37. The number of hydrogen-bond acceptors (Lipinski definition) is 6. The number of hydrogen-bond donors (Lipinski definition) is 2. The Morgan fingerprint density at radius 3 is 2.63 bits per heavy atom. The van der Waals surface area contributed by atoms with Gasteiger partial charge in [0, 0.05) is 28.2 Å². The molecule has 1 aromatic heterocycles. The van der Waals surface area contributed by atoms with E-state index >= 15 is 0 Å². The predicted molar refractivity (Wildman–Crippen MR) is 99.8 cm³/mol. The minimum absolute atomic E-state index is 0.0498. The number of nitrogens with two attached hydrogens (primary N) is 1. The Balaban J connectivity index is 1.84. The van der Waals surface area contributed by atoms with Crippen LogP contribution in [0.5, 0.6) is 0 Å². The van der Waals surface area contributed by atoms with Crippen LogP contribution in [0, 0.1) is 17.0 Å². The largest absolute Gasteiger partial charge is 0.451 e. The number of ketones is 1. The average molecular weight is 367 g/mol. The topological polar surface area (TPSA) is 128 Å². The number of H-pyrrole nitrogens is 1.